The molecule has 0 bridgehead atoms. The Labute approximate surface area is 178 Å². The molecule has 3 amide bonds. The first-order valence-corrected chi connectivity index (χ1v) is 10.2. The lowest BCUT2D eigenvalue weighted by molar-refractivity contribution is -0.117. The number of hydrogen-bond donors (Lipinski definition) is 3. The summed E-state index contributed by atoms with van der Waals surface area (Å²) in [5.74, 6) is -0.789. The van der Waals surface area contributed by atoms with E-state index < -0.39 is 6.04 Å². The number of benzene rings is 2. The fourth-order valence-electron chi connectivity index (χ4n) is 2.74. The summed E-state index contributed by atoms with van der Waals surface area (Å²) in [6.45, 7) is 4.98. The monoisotopic (exact) mass is 422 g/mol. The first kappa shape index (κ1) is 21.2. The third kappa shape index (κ3) is 5.51. The molecule has 0 saturated heterocycles. The Balaban J connectivity index is 1.60. The highest BCUT2D eigenvalue weighted by Crippen LogP contribution is 2.26. The van der Waals surface area contributed by atoms with Crippen molar-refractivity contribution in [2.24, 2.45) is 0 Å². The van der Waals surface area contributed by atoms with Gasteiger partial charge in [0.05, 0.1) is 5.69 Å². The molecular formula is C22H22N4O3S. The molecule has 154 valence electrons. The molecule has 1 aromatic heterocycles. The van der Waals surface area contributed by atoms with Gasteiger partial charge in [-0.2, -0.15) is 0 Å². The van der Waals surface area contributed by atoms with Gasteiger partial charge in [0, 0.05) is 29.1 Å². The Kier molecular flexibility index (Phi) is 6.58. The van der Waals surface area contributed by atoms with Crippen molar-refractivity contribution in [3.63, 3.8) is 0 Å². The van der Waals surface area contributed by atoms with Gasteiger partial charge < -0.3 is 16.0 Å². The molecule has 7 nitrogen and oxygen atoms in total. The predicted molar refractivity (Wildman–Crippen MR) is 119 cm³/mol. The summed E-state index contributed by atoms with van der Waals surface area (Å²) in [5, 5.41) is 10.4. The topological polar surface area (TPSA) is 100 Å². The molecule has 0 radical (unpaired) electrons. The number of carbonyl (C=O) groups excluding carboxylic acids is 3. The minimum atomic E-state index is -0.720. The highest BCUT2D eigenvalue weighted by Gasteiger charge is 2.18. The second-order valence-corrected chi connectivity index (χ2v) is 7.71. The van der Waals surface area contributed by atoms with E-state index in [2.05, 4.69) is 20.9 Å². The van der Waals surface area contributed by atoms with Crippen molar-refractivity contribution < 1.29 is 14.4 Å². The first-order chi connectivity index (χ1) is 14.3. The fraction of sp³-hybridized carbons (Fsp3) is 0.182. The van der Waals surface area contributed by atoms with Crippen LogP contribution in [0.15, 0.2) is 53.9 Å². The molecule has 0 aliphatic heterocycles. The number of aromatic nitrogens is 1. The van der Waals surface area contributed by atoms with Gasteiger partial charge in [0.25, 0.3) is 5.91 Å². The summed E-state index contributed by atoms with van der Waals surface area (Å²) >= 11 is 1.30. The van der Waals surface area contributed by atoms with E-state index in [1.54, 1.807) is 37.3 Å². The first-order valence-electron chi connectivity index (χ1n) is 9.34. The van der Waals surface area contributed by atoms with E-state index in [1.165, 1.54) is 18.3 Å². The Hall–Kier alpha value is -3.52. The van der Waals surface area contributed by atoms with Crippen LogP contribution >= 0.6 is 11.3 Å². The second kappa shape index (κ2) is 9.32. The molecule has 8 heteroatoms. The molecule has 0 saturated carbocycles. The molecule has 0 fully saturated rings. The van der Waals surface area contributed by atoms with E-state index in [0.717, 1.165) is 11.1 Å². The van der Waals surface area contributed by atoms with Gasteiger partial charge >= 0.3 is 0 Å². The van der Waals surface area contributed by atoms with E-state index in [4.69, 9.17) is 0 Å². The zero-order valence-electron chi connectivity index (χ0n) is 16.9. The number of hydrogen-bond acceptors (Lipinski definition) is 5. The molecule has 1 atom stereocenters. The van der Waals surface area contributed by atoms with Crippen LogP contribution < -0.4 is 16.0 Å². The van der Waals surface area contributed by atoms with E-state index >= 15 is 0 Å². The average molecular weight is 423 g/mol. The molecule has 1 unspecified atom stereocenters. The van der Waals surface area contributed by atoms with E-state index in [1.807, 2.05) is 30.5 Å². The summed E-state index contributed by atoms with van der Waals surface area (Å²) in [6.07, 6.45) is 0. The standard InChI is InChI=1S/C22H22N4O3S/c1-13-5-4-6-17(11-13)21(29)23-14(2)20(28)26-22-25-19(12-30-22)16-7-9-18(10-8-16)24-15(3)27/h4-12,14H,1-3H3,(H,23,29)(H,24,27)(H,25,26,28). The van der Waals surface area contributed by atoms with Gasteiger partial charge in [0.2, 0.25) is 11.8 Å². The van der Waals surface area contributed by atoms with Crippen LogP contribution in [0, 0.1) is 6.92 Å². The molecule has 0 aliphatic carbocycles. The highest BCUT2D eigenvalue weighted by molar-refractivity contribution is 7.14. The van der Waals surface area contributed by atoms with Gasteiger partial charge in [-0.25, -0.2) is 4.98 Å². The van der Waals surface area contributed by atoms with Gasteiger partial charge in [0.1, 0.15) is 6.04 Å². The van der Waals surface area contributed by atoms with E-state index in [9.17, 15) is 14.4 Å². The van der Waals surface area contributed by atoms with Gasteiger partial charge in [-0.1, -0.05) is 29.8 Å². The molecule has 30 heavy (non-hydrogen) atoms. The third-order valence-corrected chi connectivity index (χ3v) is 5.01. The maximum Gasteiger partial charge on any atom is 0.251 e. The summed E-state index contributed by atoms with van der Waals surface area (Å²) in [5.41, 5.74) is 3.75. The van der Waals surface area contributed by atoms with Gasteiger partial charge in [-0.3, -0.25) is 14.4 Å². The third-order valence-electron chi connectivity index (χ3n) is 4.26. The van der Waals surface area contributed by atoms with Crippen molar-refractivity contribution in [1.29, 1.82) is 0 Å². The summed E-state index contributed by atoms with van der Waals surface area (Å²) in [7, 11) is 0. The van der Waals surface area contributed by atoms with Crippen LogP contribution in [0.4, 0.5) is 10.8 Å². The molecule has 3 aromatic rings. The Morgan fingerprint density at radius 3 is 2.43 bits per heavy atom. The van der Waals surface area contributed by atoms with Crippen molar-refractivity contribution in [2.45, 2.75) is 26.8 Å². The average Bonchev–Trinajstić information content (AvgIpc) is 3.16. The predicted octanol–water partition coefficient (Wildman–Crippen LogP) is 3.83. The molecule has 1 heterocycles. The maximum atomic E-state index is 12.4. The Morgan fingerprint density at radius 1 is 1.03 bits per heavy atom. The quantitative estimate of drug-likeness (QED) is 0.562. The van der Waals surface area contributed by atoms with Gasteiger partial charge in [-0.15, -0.1) is 11.3 Å². The van der Waals surface area contributed by atoms with E-state index in [-0.39, 0.29) is 17.7 Å². The number of rotatable bonds is 6. The number of carbonyl (C=O) groups is 3. The smallest absolute Gasteiger partial charge is 0.251 e. The lowest BCUT2D eigenvalue weighted by Crippen LogP contribution is -2.41. The molecule has 2 aromatic carbocycles. The SMILES string of the molecule is CC(=O)Nc1ccc(-c2csc(NC(=O)C(C)NC(=O)c3cccc(C)c3)n2)cc1. The Morgan fingerprint density at radius 2 is 1.77 bits per heavy atom. The van der Waals surface area contributed by atoms with Gasteiger partial charge in [0.15, 0.2) is 5.13 Å². The molecule has 0 aliphatic rings. The lowest BCUT2D eigenvalue weighted by atomic mass is 10.1. The zero-order valence-corrected chi connectivity index (χ0v) is 17.7. The fourth-order valence-corrected chi connectivity index (χ4v) is 3.46. The molecule has 3 N–H and O–H groups in total. The van der Waals surface area contributed by atoms with Crippen molar-refractivity contribution in [2.75, 3.05) is 10.6 Å². The van der Waals surface area contributed by atoms with Crippen molar-refractivity contribution >= 4 is 39.9 Å². The number of amides is 3. The summed E-state index contributed by atoms with van der Waals surface area (Å²) in [4.78, 5) is 40.3. The van der Waals surface area contributed by atoms with E-state index in [0.29, 0.717) is 22.1 Å². The normalized spacial score (nSPS) is 11.4. The van der Waals surface area contributed by atoms with Crippen LogP contribution in [-0.4, -0.2) is 28.7 Å². The minimum Gasteiger partial charge on any atom is -0.341 e. The maximum absolute atomic E-state index is 12.4. The lowest BCUT2D eigenvalue weighted by Gasteiger charge is -2.13. The summed E-state index contributed by atoms with van der Waals surface area (Å²) < 4.78 is 0. The highest BCUT2D eigenvalue weighted by atomic mass is 32.1. The number of nitrogens with zero attached hydrogens (tertiary/aromatic N) is 1. The van der Waals surface area contributed by atoms with Crippen LogP contribution in [0.1, 0.15) is 29.8 Å². The summed E-state index contributed by atoms with van der Waals surface area (Å²) in [6, 6.07) is 13.7. The van der Waals surface area contributed by atoms with Gasteiger partial charge in [-0.05, 0) is 38.1 Å². The van der Waals surface area contributed by atoms with Crippen molar-refractivity contribution in [3.8, 4) is 11.3 Å². The van der Waals surface area contributed by atoms with Crippen LogP contribution in [0.25, 0.3) is 11.3 Å². The molecule has 3 rings (SSSR count). The molecular weight excluding hydrogens is 400 g/mol. The number of anilines is 2. The Bertz CT molecular complexity index is 1080. The zero-order chi connectivity index (χ0) is 21.7. The second-order valence-electron chi connectivity index (χ2n) is 6.85. The number of thiazole rings is 1. The van der Waals surface area contributed by atoms with Crippen LogP contribution in [0.5, 0.6) is 0 Å². The number of aryl methyl sites for hydroxylation is 1. The van der Waals surface area contributed by atoms with Crippen molar-refractivity contribution in [3.05, 3.63) is 65.0 Å². The van der Waals surface area contributed by atoms with Crippen LogP contribution in [0.3, 0.4) is 0 Å². The minimum absolute atomic E-state index is 0.134. The number of nitrogens with one attached hydrogen (secondary N) is 3. The van der Waals surface area contributed by atoms with Crippen LogP contribution in [-0.2, 0) is 9.59 Å². The van der Waals surface area contributed by atoms with Crippen LogP contribution in [0.2, 0.25) is 0 Å². The van der Waals surface area contributed by atoms with Crippen molar-refractivity contribution in [1.82, 2.24) is 10.3 Å². The largest absolute Gasteiger partial charge is 0.341 e. The molecule has 0 spiro atoms.